The number of hydrogen-bond donors (Lipinski definition) is 0. The van der Waals surface area contributed by atoms with Crippen LogP contribution in [0.5, 0.6) is 0 Å². The van der Waals surface area contributed by atoms with E-state index in [0.29, 0.717) is 0 Å². The number of anilines is 2. The van der Waals surface area contributed by atoms with Crippen LogP contribution in [0, 0.1) is 0 Å². The molecule has 0 amide bonds. The number of para-hydroxylation sites is 4. The lowest BCUT2D eigenvalue weighted by molar-refractivity contribution is 0.794. The van der Waals surface area contributed by atoms with Crippen molar-refractivity contribution in [1.29, 1.82) is 0 Å². The van der Waals surface area contributed by atoms with Gasteiger partial charge in [-0.15, -0.1) is 0 Å². The summed E-state index contributed by atoms with van der Waals surface area (Å²) >= 11 is 0. The van der Waals surface area contributed by atoms with E-state index in [9.17, 15) is 0 Å². The molecule has 83 heavy (non-hydrogen) atoms. The van der Waals surface area contributed by atoms with Gasteiger partial charge in [0.15, 0.2) is 0 Å². The highest BCUT2D eigenvalue weighted by molar-refractivity contribution is 6.19. The maximum Gasteiger partial charge on any atom is 0.0726 e. The van der Waals surface area contributed by atoms with Crippen molar-refractivity contribution in [3.8, 4) is 44.8 Å². The van der Waals surface area contributed by atoms with Gasteiger partial charge >= 0.3 is 0 Å². The molecule has 1 atom stereocenters. The quantitative estimate of drug-likeness (QED) is 0.118. The molecule has 1 unspecified atom stereocenters. The van der Waals surface area contributed by atoms with E-state index in [1.807, 2.05) is 6.92 Å². The summed E-state index contributed by atoms with van der Waals surface area (Å²) in [7, 11) is 0. The van der Waals surface area contributed by atoms with Crippen LogP contribution in [0.1, 0.15) is 54.2 Å². The number of fused-ring (bicyclic) bond motifs is 17. The molecule has 3 heteroatoms. The lowest BCUT2D eigenvalue weighted by Gasteiger charge is -2.31. The van der Waals surface area contributed by atoms with Crippen LogP contribution in [-0.2, 0) is 5.41 Å². The van der Waals surface area contributed by atoms with Gasteiger partial charge in [-0.25, -0.2) is 0 Å². The van der Waals surface area contributed by atoms with Crippen LogP contribution < -0.4 is 4.90 Å². The summed E-state index contributed by atoms with van der Waals surface area (Å²) in [5, 5.41) is 4.92. The van der Waals surface area contributed by atoms with Crippen molar-refractivity contribution >= 4 is 66.1 Å². The van der Waals surface area contributed by atoms with Gasteiger partial charge in [-0.3, -0.25) is 0 Å². The maximum atomic E-state index is 4.77. The Bertz CT molecular complexity index is 4890. The molecule has 2 heterocycles. The Labute approximate surface area is 485 Å². The Kier molecular flexibility index (Phi) is 11.9. The molecule has 13 aromatic rings. The highest BCUT2D eigenvalue weighted by atomic mass is 15.2. The summed E-state index contributed by atoms with van der Waals surface area (Å²) in [6.45, 7) is 11.1. The zero-order valence-corrected chi connectivity index (χ0v) is 46.8. The smallest absolute Gasteiger partial charge is 0.0726 e. The van der Waals surface area contributed by atoms with Gasteiger partial charge in [-0.2, -0.15) is 0 Å². The minimum absolute atomic E-state index is 0.591. The van der Waals surface area contributed by atoms with E-state index in [0.717, 1.165) is 67.4 Å². The van der Waals surface area contributed by atoms with Gasteiger partial charge < -0.3 is 14.0 Å². The van der Waals surface area contributed by atoms with Crippen LogP contribution in [0.3, 0.4) is 0 Å². The van der Waals surface area contributed by atoms with E-state index in [-0.39, 0.29) is 0 Å². The molecule has 2 aromatic heterocycles. The second-order valence-corrected chi connectivity index (χ2v) is 21.8. The van der Waals surface area contributed by atoms with Crippen molar-refractivity contribution in [2.45, 2.75) is 26.2 Å². The minimum Gasteiger partial charge on any atom is -0.310 e. The van der Waals surface area contributed by atoms with Crippen molar-refractivity contribution in [2.75, 3.05) is 4.90 Å². The first-order valence-corrected chi connectivity index (χ1v) is 28.9. The zero-order valence-electron chi connectivity index (χ0n) is 46.8. The van der Waals surface area contributed by atoms with Crippen molar-refractivity contribution in [2.24, 2.45) is 0 Å². The highest BCUT2D eigenvalue weighted by Crippen LogP contribution is 2.65. The van der Waals surface area contributed by atoms with Gasteiger partial charge in [0.25, 0.3) is 0 Å². The van der Waals surface area contributed by atoms with Crippen LogP contribution >= 0.6 is 0 Å². The Balaban J connectivity index is 0.981. The number of rotatable bonds is 11. The Morgan fingerprint density at radius 3 is 1.71 bits per heavy atom. The van der Waals surface area contributed by atoms with Crippen LogP contribution in [-0.4, -0.2) is 9.13 Å². The second kappa shape index (κ2) is 20.0. The lowest BCUT2D eigenvalue weighted by Crippen LogP contribution is -2.25. The molecule has 0 aliphatic heterocycles. The minimum atomic E-state index is -0.591. The molecule has 0 bridgehead atoms. The predicted molar refractivity (Wildman–Crippen MR) is 352 cm³/mol. The molecule has 394 valence electrons. The second-order valence-electron chi connectivity index (χ2n) is 21.8. The molecule has 0 radical (unpaired) electrons. The fourth-order valence-electron chi connectivity index (χ4n) is 14.1. The third-order valence-corrected chi connectivity index (χ3v) is 17.5. The summed E-state index contributed by atoms with van der Waals surface area (Å²) in [5.74, 6) is 0. The standard InChI is InChI=1S/C80H59N3/c1-5-8-12-27-53(4)56-48-57(50-61(49-56)81(73(7-3)62(6-2)54-28-13-9-14-29-54)60-43-46-76-68(52-60)65-35-21-25-40-74(65)82(76)58-30-15-10-16-31-58)55-42-44-64-63-34-19-23-38-69(63)80(72(64)51-55)70-39-24-20-36-66(70)78-71(80)45-47-77-79(78)67-37-22-26-41-75(67)83(77)59-32-17-11-18-33-59/h5-52H,4H2,1-3H3/b8-5-,27-12-,62-6-,73-7+. The number of allylic oxidation sites excluding steroid dienone is 8. The van der Waals surface area contributed by atoms with Crippen molar-refractivity contribution in [1.82, 2.24) is 9.13 Å². The molecule has 11 aromatic carbocycles. The number of benzene rings is 11. The average molecular weight is 1060 g/mol. The van der Waals surface area contributed by atoms with Crippen LogP contribution in [0.2, 0.25) is 0 Å². The van der Waals surface area contributed by atoms with E-state index < -0.39 is 5.41 Å². The number of aromatic nitrogens is 2. The van der Waals surface area contributed by atoms with E-state index >= 15 is 0 Å². The van der Waals surface area contributed by atoms with Gasteiger partial charge in [0.05, 0.1) is 27.5 Å². The van der Waals surface area contributed by atoms with Gasteiger partial charge in [0.2, 0.25) is 0 Å². The van der Waals surface area contributed by atoms with E-state index in [4.69, 9.17) is 6.58 Å². The topological polar surface area (TPSA) is 13.1 Å². The van der Waals surface area contributed by atoms with Crippen LogP contribution in [0.25, 0.3) is 99.5 Å². The Hall–Kier alpha value is -10.5. The predicted octanol–water partition coefficient (Wildman–Crippen LogP) is 21.2. The summed E-state index contributed by atoms with van der Waals surface area (Å²) < 4.78 is 4.84. The molecule has 0 fully saturated rings. The molecule has 15 rings (SSSR count). The monoisotopic (exact) mass is 1060 g/mol. The molecular formula is C80H59N3. The van der Waals surface area contributed by atoms with E-state index in [1.165, 1.54) is 82.6 Å². The number of nitrogens with zero attached hydrogens (tertiary/aromatic N) is 3. The summed E-state index contributed by atoms with van der Waals surface area (Å²) in [6, 6.07) is 94.6. The molecule has 2 aliphatic rings. The Morgan fingerprint density at radius 2 is 1.00 bits per heavy atom. The first-order valence-electron chi connectivity index (χ1n) is 28.9. The molecule has 1 spiro atoms. The molecular weight excluding hydrogens is 1000 g/mol. The van der Waals surface area contributed by atoms with Crippen LogP contribution in [0.4, 0.5) is 11.4 Å². The molecule has 0 saturated carbocycles. The normalized spacial score (nSPS) is 14.6. The fraction of sp³-hybridized carbons (Fsp3) is 0.0500. The lowest BCUT2D eigenvalue weighted by atomic mass is 9.70. The zero-order chi connectivity index (χ0) is 55.8. The van der Waals surface area contributed by atoms with Crippen molar-refractivity contribution in [3.63, 3.8) is 0 Å². The van der Waals surface area contributed by atoms with Gasteiger partial charge in [0.1, 0.15) is 0 Å². The highest BCUT2D eigenvalue weighted by Gasteiger charge is 2.52. The molecule has 3 nitrogen and oxygen atoms in total. The Morgan fingerprint density at radius 1 is 0.410 bits per heavy atom. The first-order chi connectivity index (χ1) is 41.0. The summed E-state index contributed by atoms with van der Waals surface area (Å²) in [6.07, 6.45) is 12.9. The van der Waals surface area contributed by atoms with E-state index in [2.05, 4.69) is 319 Å². The van der Waals surface area contributed by atoms with Crippen molar-refractivity contribution < 1.29 is 0 Å². The third kappa shape index (κ3) is 7.58. The average Bonchev–Trinajstić information content (AvgIpc) is 1.59. The summed E-state index contributed by atoms with van der Waals surface area (Å²) in [5.41, 5.74) is 26.4. The van der Waals surface area contributed by atoms with Crippen molar-refractivity contribution in [3.05, 3.63) is 337 Å². The van der Waals surface area contributed by atoms with E-state index in [1.54, 1.807) is 0 Å². The van der Waals surface area contributed by atoms with Crippen LogP contribution in [0.15, 0.2) is 304 Å². The molecule has 0 saturated heterocycles. The molecule has 2 aliphatic carbocycles. The van der Waals surface area contributed by atoms with Gasteiger partial charge in [-0.05, 0) is 178 Å². The molecule has 0 N–H and O–H groups in total. The van der Waals surface area contributed by atoms with Gasteiger partial charge in [-0.1, -0.05) is 213 Å². The SMILES string of the molecule is C=C(/C=C\C=C/C)c1cc(-c2ccc3c(c2)C2(c4ccccc4-3)c3ccccc3-c3c2ccc2c3c3ccccc3n2-c2ccccc2)cc(N(C(=C/C)/C(=C\C)c2ccccc2)c2ccc3c(c2)c2ccccc2n3-c2ccccc2)c1. The number of hydrogen-bond acceptors (Lipinski definition) is 1. The third-order valence-electron chi connectivity index (χ3n) is 17.5. The summed E-state index contributed by atoms with van der Waals surface area (Å²) in [4.78, 5) is 2.47. The largest absolute Gasteiger partial charge is 0.310 e. The first kappa shape index (κ1) is 49.6. The van der Waals surface area contributed by atoms with Gasteiger partial charge in [0, 0.05) is 55.6 Å². The maximum absolute atomic E-state index is 4.77. The fourth-order valence-corrected chi connectivity index (χ4v) is 14.1.